The number of rotatable bonds is 7. The van der Waals surface area contributed by atoms with Gasteiger partial charge >= 0.3 is 5.97 Å². The Balaban J connectivity index is 1.20. The number of methoxy groups -OCH3 is 2. The zero-order valence-electron chi connectivity index (χ0n) is 19.2. The fourth-order valence-corrected chi connectivity index (χ4v) is 5.22. The number of nitrogens with zero attached hydrogens (tertiary/aromatic N) is 1. The highest BCUT2D eigenvalue weighted by Gasteiger charge is 2.59. The second-order valence-electron chi connectivity index (χ2n) is 8.75. The first-order valence-electron chi connectivity index (χ1n) is 11.3. The van der Waals surface area contributed by atoms with Gasteiger partial charge in [0.25, 0.3) is 5.91 Å². The van der Waals surface area contributed by atoms with E-state index in [4.69, 9.17) is 14.2 Å². The van der Waals surface area contributed by atoms with Gasteiger partial charge in [0.05, 0.1) is 43.0 Å². The van der Waals surface area contributed by atoms with Crippen molar-refractivity contribution in [2.45, 2.75) is 6.42 Å². The molecule has 2 fully saturated rings. The van der Waals surface area contributed by atoms with Crippen molar-refractivity contribution in [3.8, 4) is 11.5 Å². The zero-order chi connectivity index (χ0) is 24.7. The van der Waals surface area contributed by atoms with Crippen molar-refractivity contribution in [1.82, 2.24) is 0 Å². The lowest BCUT2D eigenvalue weighted by atomic mass is 9.85. The summed E-state index contributed by atoms with van der Waals surface area (Å²) in [7, 11) is 2.97. The molecule has 9 heteroatoms. The largest absolute Gasteiger partial charge is 0.497 e. The van der Waals surface area contributed by atoms with Gasteiger partial charge in [-0.3, -0.25) is 19.3 Å². The summed E-state index contributed by atoms with van der Waals surface area (Å²) in [4.78, 5) is 51.8. The van der Waals surface area contributed by atoms with Crippen molar-refractivity contribution < 1.29 is 33.4 Å². The summed E-state index contributed by atoms with van der Waals surface area (Å²) in [5.74, 6) is -0.985. The molecular weight excluding hydrogens is 452 g/mol. The van der Waals surface area contributed by atoms with Gasteiger partial charge in [-0.1, -0.05) is 12.2 Å². The lowest BCUT2D eigenvalue weighted by Gasteiger charge is -2.17. The second-order valence-corrected chi connectivity index (χ2v) is 8.75. The van der Waals surface area contributed by atoms with Crippen LogP contribution in [-0.4, -0.2) is 44.5 Å². The van der Waals surface area contributed by atoms with Crippen LogP contribution in [0.2, 0.25) is 0 Å². The average molecular weight is 476 g/mol. The van der Waals surface area contributed by atoms with E-state index in [0.29, 0.717) is 22.9 Å². The molecule has 4 atom stereocenters. The second kappa shape index (κ2) is 8.90. The Morgan fingerprint density at radius 1 is 0.943 bits per heavy atom. The molecule has 1 saturated carbocycles. The number of amides is 3. The minimum absolute atomic E-state index is 0.129. The Bertz CT molecular complexity index is 1210. The normalized spacial score (nSPS) is 23.9. The number of hydrogen-bond donors (Lipinski definition) is 1. The minimum atomic E-state index is -0.706. The first-order valence-corrected chi connectivity index (χ1v) is 11.3. The van der Waals surface area contributed by atoms with Crippen molar-refractivity contribution in [1.29, 1.82) is 0 Å². The van der Waals surface area contributed by atoms with Crippen LogP contribution in [0.1, 0.15) is 16.8 Å². The van der Waals surface area contributed by atoms with Gasteiger partial charge in [-0.05, 0) is 54.7 Å². The van der Waals surface area contributed by atoms with Crippen LogP contribution < -0.4 is 19.7 Å². The molecule has 0 spiro atoms. The smallest absolute Gasteiger partial charge is 0.338 e. The SMILES string of the molecule is COc1ccc(OC)c(NC(=O)COC(=O)c2ccc(N3C(=O)[C@@H]4[C@@H](C3=O)[C@H]3C=C[C@H]4C3)cc2)c1. The molecule has 35 heavy (non-hydrogen) atoms. The molecule has 9 nitrogen and oxygen atoms in total. The molecule has 2 bridgehead atoms. The van der Waals surface area contributed by atoms with Crippen molar-refractivity contribution >= 4 is 35.1 Å². The summed E-state index contributed by atoms with van der Waals surface area (Å²) in [5.41, 5.74) is 1.00. The molecule has 180 valence electrons. The van der Waals surface area contributed by atoms with Gasteiger partial charge < -0.3 is 19.5 Å². The van der Waals surface area contributed by atoms with Gasteiger partial charge in [-0.2, -0.15) is 0 Å². The summed E-state index contributed by atoms with van der Waals surface area (Å²) in [6.45, 7) is -0.511. The maximum absolute atomic E-state index is 12.9. The van der Waals surface area contributed by atoms with Gasteiger partial charge in [0.15, 0.2) is 6.61 Å². The van der Waals surface area contributed by atoms with E-state index in [1.807, 2.05) is 12.2 Å². The topological polar surface area (TPSA) is 111 Å². The van der Waals surface area contributed by atoms with Crippen LogP contribution in [0.15, 0.2) is 54.6 Å². The Kier molecular flexibility index (Phi) is 5.76. The third-order valence-corrected chi connectivity index (χ3v) is 6.85. The molecule has 2 aromatic carbocycles. The summed E-state index contributed by atoms with van der Waals surface area (Å²) in [5, 5.41) is 2.62. The van der Waals surface area contributed by atoms with Crippen molar-refractivity contribution in [2.24, 2.45) is 23.7 Å². The number of ether oxygens (including phenoxy) is 3. The van der Waals surface area contributed by atoms with E-state index in [2.05, 4.69) is 5.32 Å². The van der Waals surface area contributed by atoms with Gasteiger partial charge in [-0.25, -0.2) is 4.79 Å². The quantitative estimate of drug-likeness (QED) is 0.372. The first kappa shape index (κ1) is 22.6. The van der Waals surface area contributed by atoms with Crippen LogP contribution in [0.5, 0.6) is 11.5 Å². The summed E-state index contributed by atoms with van der Waals surface area (Å²) in [6, 6.07) is 11.0. The Morgan fingerprint density at radius 2 is 1.60 bits per heavy atom. The van der Waals surface area contributed by atoms with Crippen LogP contribution in [-0.2, 0) is 19.1 Å². The highest BCUT2D eigenvalue weighted by atomic mass is 16.5. The number of imide groups is 1. The number of fused-ring (bicyclic) bond motifs is 5. The lowest BCUT2D eigenvalue weighted by molar-refractivity contribution is -0.123. The Hall–Kier alpha value is -4.14. The van der Waals surface area contributed by atoms with Crippen LogP contribution in [0, 0.1) is 23.7 Å². The van der Waals surface area contributed by atoms with E-state index in [9.17, 15) is 19.2 Å². The van der Waals surface area contributed by atoms with E-state index < -0.39 is 18.5 Å². The average Bonchev–Trinajstić information content (AvgIpc) is 3.56. The van der Waals surface area contributed by atoms with Crippen LogP contribution in [0.25, 0.3) is 0 Å². The number of carbonyl (C=O) groups excluding carboxylic acids is 4. The first-order chi connectivity index (χ1) is 16.9. The fraction of sp³-hybridized carbons (Fsp3) is 0.308. The number of hydrogen-bond acceptors (Lipinski definition) is 7. The standard InChI is InChI=1S/C26H24N2O7/c1-33-18-9-10-20(34-2)19(12-18)27-21(29)13-35-26(32)14-5-7-17(8-6-14)28-24(30)22-15-3-4-16(11-15)23(22)25(28)31/h3-10,12,15-16,22-23H,11,13H2,1-2H3,(H,27,29)/t15-,16-,22-,23-/m0/s1. The molecule has 3 amide bonds. The molecule has 0 unspecified atom stereocenters. The molecule has 1 saturated heterocycles. The Labute approximate surface area is 201 Å². The number of benzene rings is 2. The van der Waals surface area contributed by atoms with E-state index in [1.165, 1.54) is 31.3 Å². The summed E-state index contributed by atoms with van der Waals surface area (Å²) >= 11 is 0. The highest BCUT2D eigenvalue weighted by Crippen LogP contribution is 2.53. The monoisotopic (exact) mass is 476 g/mol. The fourth-order valence-electron chi connectivity index (χ4n) is 5.22. The molecule has 0 aromatic heterocycles. The van der Waals surface area contributed by atoms with Crippen molar-refractivity contribution in [3.63, 3.8) is 0 Å². The van der Waals surface area contributed by atoms with Gasteiger partial charge in [-0.15, -0.1) is 0 Å². The number of carbonyl (C=O) groups is 4. The van der Waals surface area contributed by atoms with Gasteiger partial charge in [0.2, 0.25) is 11.8 Å². The number of allylic oxidation sites excluding steroid dienone is 2. The van der Waals surface area contributed by atoms with Gasteiger partial charge in [0, 0.05) is 6.07 Å². The van der Waals surface area contributed by atoms with E-state index >= 15 is 0 Å². The molecule has 2 aliphatic carbocycles. The molecule has 3 aliphatic rings. The molecule has 1 heterocycles. The van der Waals surface area contributed by atoms with Crippen LogP contribution in [0.3, 0.4) is 0 Å². The highest BCUT2D eigenvalue weighted by molar-refractivity contribution is 6.22. The maximum Gasteiger partial charge on any atom is 0.338 e. The number of nitrogens with one attached hydrogen (secondary N) is 1. The van der Waals surface area contributed by atoms with Crippen molar-refractivity contribution in [2.75, 3.05) is 31.0 Å². The molecular formula is C26H24N2O7. The molecule has 1 aliphatic heterocycles. The van der Waals surface area contributed by atoms with E-state index in [0.717, 1.165) is 6.42 Å². The minimum Gasteiger partial charge on any atom is -0.497 e. The van der Waals surface area contributed by atoms with Crippen molar-refractivity contribution in [3.05, 3.63) is 60.2 Å². The summed E-state index contributed by atoms with van der Waals surface area (Å²) < 4.78 is 15.5. The van der Waals surface area contributed by atoms with Crippen LogP contribution in [0.4, 0.5) is 11.4 Å². The maximum atomic E-state index is 12.9. The third-order valence-electron chi connectivity index (χ3n) is 6.85. The predicted octanol–water partition coefficient (Wildman–Crippen LogP) is 2.81. The molecule has 0 radical (unpaired) electrons. The van der Waals surface area contributed by atoms with Crippen LogP contribution >= 0.6 is 0 Å². The zero-order valence-corrected chi connectivity index (χ0v) is 19.2. The molecule has 1 N–H and O–H groups in total. The molecule has 2 aromatic rings. The Morgan fingerprint density at radius 3 is 2.20 bits per heavy atom. The molecule has 5 rings (SSSR count). The van der Waals surface area contributed by atoms with E-state index in [1.54, 1.807) is 30.3 Å². The summed E-state index contributed by atoms with van der Waals surface area (Å²) in [6.07, 6.45) is 4.95. The van der Waals surface area contributed by atoms with E-state index in [-0.39, 0.29) is 41.0 Å². The lowest BCUT2D eigenvalue weighted by Crippen LogP contribution is -2.32. The predicted molar refractivity (Wildman–Crippen MR) is 125 cm³/mol. The third kappa shape index (κ3) is 3.92. The number of esters is 1. The van der Waals surface area contributed by atoms with Gasteiger partial charge in [0.1, 0.15) is 11.5 Å². The number of anilines is 2.